The number of carbonyl (C=O) groups is 1. The fourth-order valence-electron chi connectivity index (χ4n) is 2.48. The van der Waals surface area contributed by atoms with Crippen molar-refractivity contribution >= 4 is 30.7 Å². The second-order valence-corrected chi connectivity index (χ2v) is 5.66. The molecule has 1 fully saturated rings. The van der Waals surface area contributed by atoms with Gasteiger partial charge in [-0.1, -0.05) is 18.2 Å². The molecule has 126 valence electrons. The van der Waals surface area contributed by atoms with Gasteiger partial charge in [0.15, 0.2) is 0 Å². The Labute approximate surface area is 145 Å². The maximum absolute atomic E-state index is 12.1. The number of halogens is 2. The zero-order valence-corrected chi connectivity index (χ0v) is 15.1. The van der Waals surface area contributed by atoms with Crippen LogP contribution < -0.4 is 10.6 Å². The maximum Gasteiger partial charge on any atom is 0.234 e. The van der Waals surface area contributed by atoms with E-state index in [-0.39, 0.29) is 36.8 Å². The van der Waals surface area contributed by atoms with Gasteiger partial charge in [-0.15, -0.1) is 24.8 Å². The predicted octanol–water partition coefficient (Wildman–Crippen LogP) is 2.23. The molecule has 2 N–H and O–H groups in total. The van der Waals surface area contributed by atoms with Crippen molar-refractivity contribution in [1.82, 2.24) is 15.5 Å². The van der Waals surface area contributed by atoms with Gasteiger partial charge in [0.2, 0.25) is 5.91 Å². The van der Waals surface area contributed by atoms with Crippen molar-refractivity contribution in [3.8, 4) is 0 Å². The lowest BCUT2D eigenvalue weighted by Crippen LogP contribution is -2.47. The Morgan fingerprint density at radius 3 is 2.45 bits per heavy atom. The van der Waals surface area contributed by atoms with Crippen LogP contribution in [0.5, 0.6) is 0 Å². The summed E-state index contributed by atoms with van der Waals surface area (Å²) in [4.78, 5) is 14.3. The van der Waals surface area contributed by atoms with Gasteiger partial charge in [-0.3, -0.25) is 9.69 Å². The molecule has 1 atom stereocenters. The summed E-state index contributed by atoms with van der Waals surface area (Å²) in [6, 6.07) is 6.43. The van der Waals surface area contributed by atoms with Gasteiger partial charge in [0.25, 0.3) is 0 Å². The summed E-state index contributed by atoms with van der Waals surface area (Å²) >= 11 is 0. The molecular formula is C16H27Cl2N3O. The van der Waals surface area contributed by atoms with Gasteiger partial charge in [0.1, 0.15) is 0 Å². The highest BCUT2D eigenvalue weighted by molar-refractivity contribution is 5.85. The van der Waals surface area contributed by atoms with E-state index in [1.54, 1.807) is 0 Å². The van der Waals surface area contributed by atoms with Gasteiger partial charge >= 0.3 is 0 Å². The molecule has 1 aliphatic heterocycles. The van der Waals surface area contributed by atoms with E-state index < -0.39 is 0 Å². The number of hydrogen-bond acceptors (Lipinski definition) is 3. The minimum atomic E-state index is 0. The highest BCUT2D eigenvalue weighted by Crippen LogP contribution is 2.16. The minimum Gasteiger partial charge on any atom is -0.348 e. The molecule has 0 saturated carbocycles. The topological polar surface area (TPSA) is 44.4 Å². The monoisotopic (exact) mass is 347 g/mol. The fourth-order valence-corrected chi connectivity index (χ4v) is 2.48. The lowest BCUT2D eigenvalue weighted by molar-refractivity contribution is -0.123. The second kappa shape index (κ2) is 10.1. The molecule has 1 heterocycles. The number of amides is 1. The zero-order chi connectivity index (χ0) is 14.5. The predicted molar refractivity (Wildman–Crippen MR) is 96.3 cm³/mol. The first kappa shape index (κ1) is 21.2. The maximum atomic E-state index is 12.1. The van der Waals surface area contributed by atoms with Gasteiger partial charge in [-0.25, -0.2) is 0 Å². The van der Waals surface area contributed by atoms with E-state index in [0.717, 1.165) is 26.2 Å². The average Bonchev–Trinajstić information content (AvgIpc) is 2.42. The zero-order valence-electron chi connectivity index (χ0n) is 13.5. The third kappa shape index (κ3) is 6.13. The summed E-state index contributed by atoms with van der Waals surface area (Å²) in [6.45, 7) is 10.6. The molecule has 1 aliphatic rings. The molecule has 0 bridgehead atoms. The van der Waals surface area contributed by atoms with E-state index >= 15 is 0 Å². The standard InChI is InChI=1S/C16H25N3O.2ClH/c1-12-4-5-15(10-13(12)2)14(3)18-16(20)11-19-8-6-17-7-9-19;;/h4-5,10,14,17H,6-9,11H2,1-3H3,(H,18,20);2*1H. The molecule has 1 saturated heterocycles. The normalized spacial score (nSPS) is 16.1. The Balaban J connectivity index is 0.00000220. The van der Waals surface area contributed by atoms with Crippen molar-refractivity contribution in [3.63, 3.8) is 0 Å². The van der Waals surface area contributed by atoms with Crippen molar-refractivity contribution in [2.45, 2.75) is 26.8 Å². The van der Waals surface area contributed by atoms with E-state index in [1.807, 2.05) is 6.92 Å². The summed E-state index contributed by atoms with van der Waals surface area (Å²) in [5, 5.41) is 6.38. The molecule has 1 amide bonds. The molecule has 0 aliphatic carbocycles. The molecule has 0 spiro atoms. The van der Waals surface area contributed by atoms with Gasteiger partial charge in [-0.2, -0.15) is 0 Å². The van der Waals surface area contributed by atoms with Crippen LogP contribution >= 0.6 is 24.8 Å². The minimum absolute atomic E-state index is 0. The third-order valence-corrected chi connectivity index (χ3v) is 3.99. The largest absolute Gasteiger partial charge is 0.348 e. The first-order valence-electron chi connectivity index (χ1n) is 7.36. The average molecular weight is 348 g/mol. The van der Waals surface area contributed by atoms with Crippen molar-refractivity contribution in [2.75, 3.05) is 32.7 Å². The Morgan fingerprint density at radius 1 is 1.23 bits per heavy atom. The Hall–Kier alpha value is -0.810. The van der Waals surface area contributed by atoms with E-state index in [2.05, 4.69) is 47.6 Å². The highest BCUT2D eigenvalue weighted by Gasteiger charge is 2.15. The molecule has 1 aromatic carbocycles. The molecule has 22 heavy (non-hydrogen) atoms. The molecule has 1 unspecified atom stereocenters. The van der Waals surface area contributed by atoms with Crippen molar-refractivity contribution in [1.29, 1.82) is 0 Å². The van der Waals surface area contributed by atoms with E-state index in [1.165, 1.54) is 16.7 Å². The van der Waals surface area contributed by atoms with Crippen molar-refractivity contribution < 1.29 is 4.79 Å². The van der Waals surface area contributed by atoms with Crippen LogP contribution in [0.1, 0.15) is 29.7 Å². The van der Waals surface area contributed by atoms with Crippen LogP contribution in [0.2, 0.25) is 0 Å². The van der Waals surface area contributed by atoms with Crippen molar-refractivity contribution in [3.05, 3.63) is 34.9 Å². The summed E-state index contributed by atoms with van der Waals surface area (Å²) < 4.78 is 0. The number of nitrogens with zero attached hydrogens (tertiary/aromatic N) is 1. The molecule has 0 radical (unpaired) electrons. The van der Waals surface area contributed by atoms with Gasteiger partial charge in [0, 0.05) is 26.2 Å². The van der Waals surface area contributed by atoms with Crippen LogP contribution in [0.25, 0.3) is 0 Å². The Kier molecular flexibility index (Phi) is 9.69. The number of nitrogens with one attached hydrogen (secondary N) is 2. The van der Waals surface area contributed by atoms with Crippen LogP contribution in [0, 0.1) is 13.8 Å². The number of rotatable bonds is 4. The quantitative estimate of drug-likeness (QED) is 0.877. The molecule has 2 rings (SSSR count). The lowest BCUT2D eigenvalue weighted by atomic mass is 10.0. The first-order valence-corrected chi connectivity index (χ1v) is 7.36. The van der Waals surface area contributed by atoms with E-state index in [9.17, 15) is 4.79 Å². The first-order chi connectivity index (χ1) is 9.56. The number of piperazine rings is 1. The molecule has 6 heteroatoms. The van der Waals surface area contributed by atoms with Crippen LogP contribution in [0.4, 0.5) is 0 Å². The lowest BCUT2D eigenvalue weighted by Gasteiger charge is -2.27. The SMILES string of the molecule is Cc1ccc(C(C)NC(=O)CN2CCNCC2)cc1C.Cl.Cl. The van der Waals surface area contributed by atoms with Crippen LogP contribution in [0.3, 0.4) is 0 Å². The fraction of sp³-hybridized carbons (Fsp3) is 0.562. The third-order valence-electron chi connectivity index (χ3n) is 3.99. The molecule has 1 aromatic rings. The molecule has 0 aromatic heterocycles. The highest BCUT2D eigenvalue weighted by atomic mass is 35.5. The van der Waals surface area contributed by atoms with E-state index in [4.69, 9.17) is 0 Å². The van der Waals surface area contributed by atoms with Crippen LogP contribution in [0.15, 0.2) is 18.2 Å². The van der Waals surface area contributed by atoms with Gasteiger partial charge < -0.3 is 10.6 Å². The molecule has 4 nitrogen and oxygen atoms in total. The van der Waals surface area contributed by atoms with Gasteiger partial charge in [0.05, 0.1) is 12.6 Å². The van der Waals surface area contributed by atoms with E-state index in [0.29, 0.717) is 6.54 Å². The Morgan fingerprint density at radius 2 is 1.86 bits per heavy atom. The number of aryl methyl sites for hydroxylation is 2. The van der Waals surface area contributed by atoms with Crippen LogP contribution in [-0.4, -0.2) is 43.5 Å². The number of benzene rings is 1. The summed E-state index contributed by atoms with van der Waals surface area (Å²) in [5.74, 6) is 0.109. The van der Waals surface area contributed by atoms with Crippen molar-refractivity contribution in [2.24, 2.45) is 0 Å². The van der Waals surface area contributed by atoms with Gasteiger partial charge in [-0.05, 0) is 37.5 Å². The number of hydrogen-bond donors (Lipinski definition) is 2. The molecular weight excluding hydrogens is 321 g/mol. The Bertz CT molecular complexity index is 476. The summed E-state index contributed by atoms with van der Waals surface area (Å²) in [6.07, 6.45) is 0. The summed E-state index contributed by atoms with van der Waals surface area (Å²) in [7, 11) is 0. The smallest absolute Gasteiger partial charge is 0.234 e. The van der Waals surface area contributed by atoms with Crippen LogP contribution in [-0.2, 0) is 4.79 Å². The summed E-state index contributed by atoms with van der Waals surface area (Å²) in [5.41, 5.74) is 3.72. The number of carbonyl (C=O) groups excluding carboxylic acids is 1. The second-order valence-electron chi connectivity index (χ2n) is 5.66.